The quantitative estimate of drug-likeness (QED) is 0.604. The number of nitrogens with one attached hydrogen (secondary N) is 1. The summed E-state index contributed by atoms with van der Waals surface area (Å²) < 4.78 is 5.57. The molecule has 0 fully saturated rings. The maximum atomic E-state index is 12.0. The number of nitrogens with zero attached hydrogens (tertiary/aromatic N) is 2. The largest absolute Gasteiger partial charge is 0.492 e. The number of hydrogen-bond donors (Lipinski definition) is 1. The van der Waals surface area contributed by atoms with Gasteiger partial charge < -0.3 is 15.0 Å². The van der Waals surface area contributed by atoms with Crippen molar-refractivity contribution in [2.24, 2.45) is 0 Å². The molecule has 0 saturated heterocycles. The van der Waals surface area contributed by atoms with Gasteiger partial charge in [0.25, 0.3) is 0 Å². The van der Waals surface area contributed by atoms with Crippen molar-refractivity contribution in [2.75, 3.05) is 29.9 Å². The Morgan fingerprint density at radius 1 is 1.19 bits per heavy atom. The van der Waals surface area contributed by atoms with Gasteiger partial charge in [-0.05, 0) is 50.6 Å². The summed E-state index contributed by atoms with van der Waals surface area (Å²) in [7, 11) is 0. The lowest BCUT2D eigenvalue weighted by Gasteiger charge is -2.19. The third-order valence-corrected chi connectivity index (χ3v) is 4.35. The highest BCUT2D eigenvalue weighted by atomic mass is 35.5. The third-order valence-electron chi connectivity index (χ3n) is 3.82. The molecule has 0 aliphatic rings. The summed E-state index contributed by atoms with van der Waals surface area (Å²) in [6, 6.07) is 8.83. The monoisotopic (exact) mass is 395 g/mol. The van der Waals surface area contributed by atoms with Gasteiger partial charge in [-0.2, -0.15) is 0 Å². The molecular weight excluding hydrogens is 373 g/mol. The molecule has 1 heterocycles. The lowest BCUT2D eigenvalue weighted by Crippen LogP contribution is -2.22. The van der Waals surface area contributed by atoms with Crippen LogP contribution in [0.5, 0.6) is 5.75 Å². The first-order valence-electron chi connectivity index (χ1n) is 8.62. The van der Waals surface area contributed by atoms with Crippen LogP contribution >= 0.6 is 23.2 Å². The van der Waals surface area contributed by atoms with Crippen molar-refractivity contribution in [3.63, 3.8) is 0 Å². The Kier molecular flexibility index (Phi) is 8.01. The molecule has 0 radical (unpaired) electrons. The van der Waals surface area contributed by atoms with Crippen LogP contribution in [-0.2, 0) is 4.79 Å². The summed E-state index contributed by atoms with van der Waals surface area (Å²) in [6.45, 7) is 6.36. The van der Waals surface area contributed by atoms with E-state index in [0.717, 1.165) is 18.9 Å². The Hall–Kier alpha value is -1.98. The van der Waals surface area contributed by atoms with Gasteiger partial charge in [-0.1, -0.05) is 23.2 Å². The van der Waals surface area contributed by atoms with Crippen molar-refractivity contribution in [3.05, 3.63) is 46.6 Å². The van der Waals surface area contributed by atoms with Crippen LogP contribution in [0.1, 0.15) is 26.7 Å². The molecule has 2 rings (SSSR count). The van der Waals surface area contributed by atoms with Crippen LogP contribution in [0.25, 0.3) is 0 Å². The van der Waals surface area contributed by atoms with Crippen LogP contribution < -0.4 is 15.0 Å². The van der Waals surface area contributed by atoms with Crippen molar-refractivity contribution in [3.8, 4) is 5.75 Å². The number of carbonyl (C=O) groups excluding carboxylic acids is 1. The smallest absolute Gasteiger partial charge is 0.224 e. The first-order chi connectivity index (χ1) is 12.5. The average molecular weight is 396 g/mol. The number of benzene rings is 1. The van der Waals surface area contributed by atoms with E-state index in [1.165, 1.54) is 0 Å². The number of amides is 1. The first kappa shape index (κ1) is 20.3. The Balaban J connectivity index is 1.74. The standard InChI is InChI=1S/C19H23Cl2N3O2/c1-3-24(4-2)18-10-8-15(13-22-18)23-19(25)6-5-11-26-17-9-7-14(20)12-16(17)21/h7-10,12-13H,3-6,11H2,1-2H3,(H,23,25). The van der Waals surface area contributed by atoms with Crippen LogP contribution in [0, 0.1) is 0 Å². The predicted molar refractivity (Wildman–Crippen MR) is 108 cm³/mol. The fourth-order valence-electron chi connectivity index (χ4n) is 2.43. The molecule has 1 aromatic heterocycles. The van der Waals surface area contributed by atoms with Gasteiger partial charge in [0.15, 0.2) is 0 Å². The molecule has 7 heteroatoms. The summed E-state index contributed by atoms with van der Waals surface area (Å²) >= 11 is 11.9. The molecule has 140 valence electrons. The molecule has 1 N–H and O–H groups in total. The highest BCUT2D eigenvalue weighted by Crippen LogP contribution is 2.27. The van der Waals surface area contributed by atoms with Crippen molar-refractivity contribution in [1.29, 1.82) is 0 Å². The number of aromatic nitrogens is 1. The van der Waals surface area contributed by atoms with Gasteiger partial charge in [0.1, 0.15) is 11.6 Å². The van der Waals surface area contributed by atoms with Crippen LogP contribution in [0.2, 0.25) is 10.0 Å². The van der Waals surface area contributed by atoms with Crippen LogP contribution in [-0.4, -0.2) is 30.6 Å². The van der Waals surface area contributed by atoms with Gasteiger partial charge in [-0.15, -0.1) is 0 Å². The molecule has 0 spiro atoms. The van der Waals surface area contributed by atoms with Crippen LogP contribution in [0.4, 0.5) is 11.5 Å². The fourth-order valence-corrected chi connectivity index (χ4v) is 2.89. The number of halogens is 2. The molecule has 0 atom stereocenters. The van der Waals surface area contributed by atoms with Crippen molar-refractivity contribution in [2.45, 2.75) is 26.7 Å². The minimum Gasteiger partial charge on any atom is -0.492 e. The molecule has 1 aromatic carbocycles. The zero-order valence-electron chi connectivity index (χ0n) is 15.0. The number of anilines is 2. The molecule has 0 aliphatic carbocycles. The minimum atomic E-state index is -0.0757. The molecule has 0 saturated carbocycles. The fraction of sp³-hybridized carbons (Fsp3) is 0.368. The van der Waals surface area contributed by atoms with Gasteiger partial charge in [0, 0.05) is 24.5 Å². The number of rotatable bonds is 9. The molecule has 5 nitrogen and oxygen atoms in total. The van der Waals surface area contributed by atoms with E-state index in [-0.39, 0.29) is 5.91 Å². The van der Waals surface area contributed by atoms with Gasteiger partial charge >= 0.3 is 0 Å². The molecule has 26 heavy (non-hydrogen) atoms. The average Bonchev–Trinajstić information content (AvgIpc) is 2.62. The molecule has 1 amide bonds. The maximum absolute atomic E-state index is 12.0. The number of ether oxygens (including phenoxy) is 1. The second kappa shape index (κ2) is 10.2. The Bertz CT molecular complexity index is 719. The SMILES string of the molecule is CCN(CC)c1ccc(NC(=O)CCCOc2ccc(Cl)cc2Cl)cn1. The van der Waals surface area contributed by atoms with Gasteiger partial charge in [0.05, 0.1) is 23.5 Å². The number of pyridine rings is 1. The molecular formula is C19H23Cl2N3O2. The van der Waals surface area contributed by atoms with Crippen molar-refractivity contribution in [1.82, 2.24) is 4.98 Å². The van der Waals surface area contributed by atoms with Gasteiger partial charge in [-0.25, -0.2) is 4.98 Å². The van der Waals surface area contributed by atoms with E-state index < -0.39 is 0 Å². The van der Waals surface area contributed by atoms with E-state index in [4.69, 9.17) is 27.9 Å². The molecule has 0 aliphatic heterocycles. The van der Waals surface area contributed by atoms with Crippen LogP contribution in [0.3, 0.4) is 0 Å². The summed E-state index contributed by atoms with van der Waals surface area (Å²) in [5.41, 5.74) is 0.688. The summed E-state index contributed by atoms with van der Waals surface area (Å²) in [5.74, 6) is 1.39. The highest BCUT2D eigenvalue weighted by molar-refractivity contribution is 6.35. The van der Waals surface area contributed by atoms with E-state index in [9.17, 15) is 4.79 Å². The lowest BCUT2D eigenvalue weighted by molar-refractivity contribution is -0.116. The summed E-state index contributed by atoms with van der Waals surface area (Å²) in [5, 5.41) is 3.86. The molecule has 2 aromatic rings. The summed E-state index contributed by atoms with van der Waals surface area (Å²) in [4.78, 5) is 18.5. The van der Waals surface area contributed by atoms with E-state index in [1.54, 1.807) is 24.4 Å². The second-order valence-electron chi connectivity index (χ2n) is 5.65. The van der Waals surface area contributed by atoms with Gasteiger partial charge in [0.2, 0.25) is 5.91 Å². The van der Waals surface area contributed by atoms with E-state index in [1.807, 2.05) is 12.1 Å². The second-order valence-corrected chi connectivity index (χ2v) is 6.50. The van der Waals surface area contributed by atoms with Crippen molar-refractivity contribution < 1.29 is 9.53 Å². The Morgan fingerprint density at radius 3 is 2.58 bits per heavy atom. The minimum absolute atomic E-state index is 0.0757. The number of carbonyl (C=O) groups is 1. The normalized spacial score (nSPS) is 10.5. The molecule has 0 bridgehead atoms. The van der Waals surface area contributed by atoms with Gasteiger partial charge in [-0.3, -0.25) is 4.79 Å². The van der Waals surface area contributed by atoms with Crippen molar-refractivity contribution >= 4 is 40.6 Å². The number of hydrogen-bond acceptors (Lipinski definition) is 4. The first-order valence-corrected chi connectivity index (χ1v) is 9.37. The Labute approximate surface area is 164 Å². The zero-order chi connectivity index (χ0) is 18.9. The van der Waals surface area contributed by atoms with Crippen LogP contribution in [0.15, 0.2) is 36.5 Å². The third kappa shape index (κ3) is 6.07. The topological polar surface area (TPSA) is 54.5 Å². The zero-order valence-corrected chi connectivity index (χ0v) is 16.5. The van der Waals surface area contributed by atoms with E-state index in [2.05, 4.69) is 29.0 Å². The van der Waals surface area contributed by atoms with E-state index in [0.29, 0.717) is 40.9 Å². The predicted octanol–water partition coefficient (Wildman–Crippen LogP) is 5.03. The lowest BCUT2D eigenvalue weighted by atomic mass is 10.3. The highest BCUT2D eigenvalue weighted by Gasteiger charge is 2.07. The maximum Gasteiger partial charge on any atom is 0.224 e. The summed E-state index contributed by atoms with van der Waals surface area (Å²) in [6.07, 6.45) is 2.61. The van der Waals surface area contributed by atoms with E-state index >= 15 is 0 Å². The molecule has 0 unspecified atom stereocenters. The Morgan fingerprint density at radius 2 is 1.96 bits per heavy atom.